The molecule has 3 rings (SSSR count). The number of hydrogen-bond donors (Lipinski definition) is 1. The van der Waals surface area contributed by atoms with Gasteiger partial charge in [0.2, 0.25) is 0 Å². The van der Waals surface area contributed by atoms with Crippen LogP contribution < -0.4 is 5.43 Å². The van der Waals surface area contributed by atoms with Crippen molar-refractivity contribution in [3.8, 4) is 17.1 Å². The molecule has 2 aromatic carbocycles. The molecular formula is C15H7Br2ClO3. The Morgan fingerprint density at radius 2 is 1.86 bits per heavy atom. The Balaban J connectivity index is 2.30. The molecule has 3 nitrogen and oxygen atoms in total. The largest absolute Gasteiger partial charge is 0.506 e. The number of phenolic OH excluding ortho intramolecular Hbond substituents is 1. The van der Waals surface area contributed by atoms with Crippen molar-refractivity contribution in [2.45, 2.75) is 0 Å². The minimum absolute atomic E-state index is 0.0198. The van der Waals surface area contributed by atoms with Crippen molar-refractivity contribution in [1.29, 1.82) is 0 Å². The van der Waals surface area contributed by atoms with Crippen molar-refractivity contribution >= 4 is 54.4 Å². The number of rotatable bonds is 1. The number of fused-ring (bicyclic) bond motifs is 1. The van der Waals surface area contributed by atoms with Gasteiger partial charge in [-0.3, -0.25) is 4.79 Å². The lowest BCUT2D eigenvalue weighted by Crippen LogP contribution is -2.00. The molecule has 0 unspecified atom stereocenters. The van der Waals surface area contributed by atoms with Crippen LogP contribution in [0.15, 0.2) is 54.6 Å². The van der Waals surface area contributed by atoms with Crippen LogP contribution in [0.1, 0.15) is 0 Å². The number of benzene rings is 2. The maximum Gasteiger partial charge on any atom is 0.193 e. The summed E-state index contributed by atoms with van der Waals surface area (Å²) in [6, 6.07) is 9.56. The Morgan fingerprint density at radius 3 is 2.57 bits per heavy atom. The minimum atomic E-state index is -0.155. The van der Waals surface area contributed by atoms with Gasteiger partial charge in [-0.1, -0.05) is 27.5 Å². The van der Waals surface area contributed by atoms with Gasteiger partial charge in [0.25, 0.3) is 0 Å². The van der Waals surface area contributed by atoms with Crippen LogP contribution >= 0.6 is 43.5 Å². The van der Waals surface area contributed by atoms with Crippen LogP contribution in [0, 0.1) is 0 Å². The zero-order chi connectivity index (χ0) is 15.1. The molecule has 0 bridgehead atoms. The molecule has 1 heterocycles. The second kappa shape index (κ2) is 5.48. The molecule has 0 radical (unpaired) electrons. The van der Waals surface area contributed by atoms with Crippen LogP contribution in [0.2, 0.25) is 5.02 Å². The predicted molar refractivity (Wildman–Crippen MR) is 90.0 cm³/mol. The number of phenols is 1. The van der Waals surface area contributed by atoms with E-state index in [0.717, 1.165) is 4.47 Å². The third-order valence-corrected chi connectivity index (χ3v) is 4.33. The lowest BCUT2D eigenvalue weighted by atomic mass is 10.1. The zero-order valence-corrected chi connectivity index (χ0v) is 14.3. The highest BCUT2D eigenvalue weighted by Crippen LogP contribution is 2.32. The molecule has 21 heavy (non-hydrogen) atoms. The smallest absolute Gasteiger partial charge is 0.193 e. The third kappa shape index (κ3) is 2.73. The van der Waals surface area contributed by atoms with Gasteiger partial charge in [-0.25, -0.2) is 0 Å². The second-order valence-electron chi connectivity index (χ2n) is 4.41. The summed E-state index contributed by atoms with van der Waals surface area (Å²) in [5, 5.41) is 10.1. The molecule has 0 spiro atoms. The lowest BCUT2D eigenvalue weighted by molar-refractivity contribution is 0.475. The first-order chi connectivity index (χ1) is 9.95. The molecule has 1 aromatic heterocycles. The van der Waals surface area contributed by atoms with Gasteiger partial charge < -0.3 is 9.52 Å². The zero-order valence-electron chi connectivity index (χ0n) is 10.4. The van der Waals surface area contributed by atoms with Gasteiger partial charge in [0.1, 0.15) is 11.5 Å². The Kier molecular flexibility index (Phi) is 3.82. The van der Waals surface area contributed by atoms with Crippen molar-refractivity contribution < 1.29 is 9.52 Å². The minimum Gasteiger partial charge on any atom is -0.506 e. The van der Waals surface area contributed by atoms with Crippen molar-refractivity contribution in [2.24, 2.45) is 0 Å². The average Bonchev–Trinajstić information content (AvgIpc) is 2.43. The molecule has 0 aliphatic heterocycles. The molecule has 6 heteroatoms. The van der Waals surface area contributed by atoms with Gasteiger partial charge in [0.05, 0.1) is 14.9 Å². The van der Waals surface area contributed by atoms with Gasteiger partial charge in [-0.15, -0.1) is 0 Å². The second-order valence-corrected chi connectivity index (χ2v) is 6.58. The van der Waals surface area contributed by atoms with Gasteiger partial charge >= 0.3 is 0 Å². The van der Waals surface area contributed by atoms with Gasteiger partial charge in [0.15, 0.2) is 11.0 Å². The van der Waals surface area contributed by atoms with Crippen LogP contribution in [0.5, 0.6) is 5.75 Å². The van der Waals surface area contributed by atoms with Crippen LogP contribution in [0.3, 0.4) is 0 Å². The molecule has 3 aromatic rings. The molecule has 0 saturated carbocycles. The van der Waals surface area contributed by atoms with E-state index in [2.05, 4.69) is 31.9 Å². The third-order valence-electron chi connectivity index (χ3n) is 2.98. The van der Waals surface area contributed by atoms with Crippen LogP contribution in [-0.4, -0.2) is 5.11 Å². The quantitative estimate of drug-likeness (QED) is 0.567. The maximum absolute atomic E-state index is 12.2. The van der Waals surface area contributed by atoms with E-state index in [1.165, 1.54) is 12.1 Å². The van der Waals surface area contributed by atoms with E-state index >= 15 is 0 Å². The van der Waals surface area contributed by atoms with Crippen molar-refractivity contribution in [2.75, 3.05) is 0 Å². The first-order valence-corrected chi connectivity index (χ1v) is 7.84. The van der Waals surface area contributed by atoms with Crippen molar-refractivity contribution in [3.63, 3.8) is 0 Å². The number of hydrogen-bond acceptors (Lipinski definition) is 3. The molecule has 0 atom stereocenters. The predicted octanol–water partition coefficient (Wildman–Crippen LogP) is 5.34. The molecule has 0 fully saturated rings. The van der Waals surface area contributed by atoms with E-state index in [9.17, 15) is 9.90 Å². The molecule has 106 valence electrons. The van der Waals surface area contributed by atoms with Gasteiger partial charge in [0, 0.05) is 16.1 Å². The fraction of sp³-hybridized carbons (Fsp3) is 0. The molecule has 0 aliphatic rings. The monoisotopic (exact) mass is 428 g/mol. The summed E-state index contributed by atoms with van der Waals surface area (Å²) in [7, 11) is 0. The summed E-state index contributed by atoms with van der Waals surface area (Å²) in [6.45, 7) is 0. The van der Waals surface area contributed by atoms with E-state index < -0.39 is 0 Å². The van der Waals surface area contributed by atoms with E-state index in [-0.39, 0.29) is 16.2 Å². The Hall–Kier alpha value is -1.30. The van der Waals surface area contributed by atoms with Gasteiger partial charge in [-0.05, 0) is 46.3 Å². The fourth-order valence-electron chi connectivity index (χ4n) is 1.99. The highest BCUT2D eigenvalue weighted by Gasteiger charge is 2.11. The van der Waals surface area contributed by atoms with E-state index in [4.69, 9.17) is 16.0 Å². The number of halogens is 3. The van der Waals surface area contributed by atoms with E-state index in [1.807, 2.05) is 0 Å². The van der Waals surface area contributed by atoms with Crippen LogP contribution in [0.4, 0.5) is 0 Å². The Labute approximate surface area is 141 Å². The SMILES string of the molecule is O=c1cc(-c2ccc(O)c(Cl)c2)oc2c(Br)cc(Br)cc12. The molecular weight excluding hydrogens is 423 g/mol. The average molecular weight is 430 g/mol. The topological polar surface area (TPSA) is 50.4 Å². The summed E-state index contributed by atoms with van der Waals surface area (Å²) < 4.78 is 7.26. The highest BCUT2D eigenvalue weighted by molar-refractivity contribution is 9.11. The summed E-state index contributed by atoms with van der Waals surface area (Å²) >= 11 is 12.6. The maximum atomic E-state index is 12.2. The molecule has 0 saturated heterocycles. The normalized spacial score (nSPS) is 11.0. The van der Waals surface area contributed by atoms with E-state index in [0.29, 0.717) is 26.8 Å². The molecule has 1 N–H and O–H groups in total. The van der Waals surface area contributed by atoms with Crippen molar-refractivity contribution in [3.05, 3.63) is 60.6 Å². The standard InChI is InChI=1S/C15H7Br2ClO3/c16-8-4-9-13(20)6-14(21-15(9)10(17)5-8)7-1-2-12(19)11(18)3-7/h1-6,19H. The summed E-state index contributed by atoms with van der Waals surface area (Å²) in [5.41, 5.74) is 0.925. The summed E-state index contributed by atoms with van der Waals surface area (Å²) in [4.78, 5) is 12.2. The first-order valence-electron chi connectivity index (χ1n) is 5.87. The summed E-state index contributed by atoms with van der Waals surface area (Å²) in [6.07, 6.45) is 0. The Morgan fingerprint density at radius 1 is 1.10 bits per heavy atom. The Bertz CT molecular complexity index is 919. The summed E-state index contributed by atoms with van der Waals surface area (Å²) in [5.74, 6) is 0.367. The molecule has 0 aliphatic carbocycles. The van der Waals surface area contributed by atoms with Crippen molar-refractivity contribution in [1.82, 2.24) is 0 Å². The van der Waals surface area contributed by atoms with Crippen LogP contribution in [0.25, 0.3) is 22.3 Å². The molecule has 0 amide bonds. The van der Waals surface area contributed by atoms with E-state index in [1.54, 1.807) is 24.3 Å². The lowest BCUT2D eigenvalue weighted by Gasteiger charge is -2.06. The fourth-order valence-corrected chi connectivity index (χ4v) is 3.47. The van der Waals surface area contributed by atoms with Gasteiger partial charge in [-0.2, -0.15) is 0 Å². The first kappa shape index (κ1) is 14.6. The number of aromatic hydroxyl groups is 1. The van der Waals surface area contributed by atoms with Crippen LogP contribution in [-0.2, 0) is 0 Å². The highest BCUT2D eigenvalue weighted by atomic mass is 79.9.